The highest BCUT2D eigenvalue weighted by Gasteiger charge is 2.24. The number of hydrogen-bond acceptors (Lipinski definition) is 5. The molecule has 1 aliphatic carbocycles. The number of anilines is 2. The second-order valence-electron chi connectivity index (χ2n) is 6.84. The molecule has 7 heteroatoms. The lowest BCUT2D eigenvalue weighted by atomic mass is 10.2. The standard InChI is InChI=1S/C19H28N4O3/c1-2-22(13-18(24)20-15-3-4-15)14-19(25)21-16-5-7-17(8-6-16)23-9-11-26-12-10-23/h5-8,15H,2-4,9-14H2,1H3,(H,20,24)(H,21,25). The van der Waals surface area contributed by atoms with Gasteiger partial charge in [-0.3, -0.25) is 14.5 Å². The van der Waals surface area contributed by atoms with Crippen LogP contribution in [0.4, 0.5) is 11.4 Å². The highest BCUT2D eigenvalue weighted by Crippen LogP contribution is 2.19. The fourth-order valence-corrected chi connectivity index (χ4v) is 2.96. The second-order valence-corrected chi connectivity index (χ2v) is 6.84. The SMILES string of the molecule is CCN(CC(=O)Nc1ccc(N2CCOCC2)cc1)CC(=O)NC1CC1. The van der Waals surface area contributed by atoms with Crippen molar-refractivity contribution < 1.29 is 14.3 Å². The van der Waals surface area contributed by atoms with Crippen LogP contribution in [0.1, 0.15) is 19.8 Å². The molecule has 1 aromatic rings. The number of nitrogens with one attached hydrogen (secondary N) is 2. The first-order valence-electron chi connectivity index (χ1n) is 9.38. The van der Waals surface area contributed by atoms with Crippen LogP contribution in [0.3, 0.4) is 0 Å². The fraction of sp³-hybridized carbons (Fsp3) is 0.579. The predicted molar refractivity (Wildman–Crippen MR) is 101 cm³/mol. The maximum absolute atomic E-state index is 12.3. The van der Waals surface area contributed by atoms with Crippen molar-refractivity contribution in [2.75, 3.05) is 56.2 Å². The third-order valence-electron chi connectivity index (χ3n) is 4.65. The van der Waals surface area contributed by atoms with E-state index in [-0.39, 0.29) is 24.9 Å². The number of amides is 2. The summed E-state index contributed by atoms with van der Waals surface area (Å²) in [6, 6.07) is 8.21. The van der Waals surface area contributed by atoms with Crippen LogP contribution in [0.15, 0.2) is 24.3 Å². The number of ether oxygens (including phenoxy) is 1. The van der Waals surface area contributed by atoms with Gasteiger partial charge in [-0.15, -0.1) is 0 Å². The fourth-order valence-electron chi connectivity index (χ4n) is 2.96. The van der Waals surface area contributed by atoms with Crippen LogP contribution in [-0.4, -0.2) is 68.7 Å². The first-order chi connectivity index (χ1) is 12.6. The largest absolute Gasteiger partial charge is 0.378 e. The minimum atomic E-state index is -0.106. The summed E-state index contributed by atoms with van der Waals surface area (Å²) in [6.45, 7) is 6.35. The number of carbonyl (C=O) groups excluding carboxylic acids is 2. The predicted octanol–water partition coefficient (Wildman–Crippen LogP) is 1.06. The van der Waals surface area contributed by atoms with Crippen molar-refractivity contribution in [3.8, 4) is 0 Å². The Morgan fingerprint density at radius 3 is 2.38 bits per heavy atom. The van der Waals surface area contributed by atoms with Gasteiger partial charge in [0.1, 0.15) is 0 Å². The molecule has 1 aliphatic heterocycles. The average molecular weight is 360 g/mol. The van der Waals surface area contributed by atoms with E-state index in [1.54, 1.807) is 0 Å². The summed E-state index contributed by atoms with van der Waals surface area (Å²) in [5.74, 6) is -0.109. The minimum absolute atomic E-state index is 0.00276. The van der Waals surface area contributed by atoms with Crippen molar-refractivity contribution in [3.05, 3.63) is 24.3 Å². The summed E-state index contributed by atoms with van der Waals surface area (Å²) in [4.78, 5) is 28.3. The summed E-state index contributed by atoms with van der Waals surface area (Å²) in [5.41, 5.74) is 1.91. The van der Waals surface area contributed by atoms with Crippen LogP contribution in [0.5, 0.6) is 0 Å². The Labute approximate surface area is 154 Å². The molecule has 2 aliphatic rings. The third kappa shape index (κ3) is 5.71. The number of hydrogen-bond donors (Lipinski definition) is 2. The van der Waals surface area contributed by atoms with Crippen LogP contribution in [0.2, 0.25) is 0 Å². The van der Waals surface area contributed by atoms with Crippen LogP contribution in [-0.2, 0) is 14.3 Å². The molecule has 1 aromatic carbocycles. The van der Waals surface area contributed by atoms with Crippen LogP contribution >= 0.6 is 0 Å². The van der Waals surface area contributed by atoms with Crippen LogP contribution in [0, 0.1) is 0 Å². The van der Waals surface area contributed by atoms with E-state index in [1.165, 1.54) is 0 Å². The van der Waals surface area contributed by atoms with Gasteiger partial charge < -0.3 is 20.3 Å². The van der Waals surface area contributed by atoms with Gasteiger partial charge in [0, 0.05) is 30.5 Å². The molecule has 1 heterocycles. The van der Waals surface area contributed by atoms with Gasteiger partial charge in [0.15, 0.2) is 0 Å². The Hall–Kier alpha value is -2.12. The summed E-state index contributed by atoms with van der Waals surface area (Å²) in [6.07, 6.45) is 2.14. The highest BCUT2D eigenvalue weighted by molar-refractivity contribution is 5.92. The van der Waals surface area contributed by atoms with Gasteiger partial charge >= 0.3 is 0 Å². The third-order valence-corrected chi connectivity index (χ3v) is 4.65. The molecule has 2 fully saturated rings. The number of morpholine rings is 1. The molecule has 0 radical (unpaired) electrons. The minimum Gasteiger partial charge on any atom is -0.378 e. The Kier molecular flexibility index (Phi) is 6.46. The Morgan fingerprint density at radius 1 is 1.12 bits per heavy atom. The molecular formula is C19H28N4O3. The summed E-state index contributed by atoms with van der Waals surface area (Å²) in [7, 11) is 0. The normalized spacial score (nSPS) is 17.2. The molecule has 26 heavy (non-hydrogen) atoms. The summed E-state index contributed by atoms with van der Waals surface area (Å²) >= 11 is 0. The monoisotopic (exact) mass is 360 g/mol. The molecular weight excluding hydrogens is 332 g/mol. The van der Waals surface area contributed by atoms with Crippen molar-refractivity contribution in [2.24, 2.45) is 0 Å². The topological polar surface area (TPSA) is 73.9 Å². The van der Waals surface area contributed by atoms with E-state index in [0.29, 0.717) is 12.6 Å². The number of carbonyl (C=O) groups is 2. The van der Waals surface area contributed by atoms with Gasteiger partial charge in [-0.1, -0.05) is 6.92 Å². The zero-order valence-corrected chi connectivity index (χ0v) is 15.4. The van der Waals surface area contributed by atoms with Crippen molar-refractivity contribution in [3.63, 3.8) is 0 Å². The highest BCUT2D eigenvalue weighted by atomic mass is 16.5. The van der Waals surface area contributed by atoms with E-state index in [4.69, 9.17) is 4.74 Å². The Morgan fingerprint density at radius 2 is 1.77 bits per heavy atom. The van der Waals surface area contributed by atoms with Crippen molar-refractivity contribution >= 4 is 23.2 Å². The van der Waals surface area contributed by atoms with Crippen molar-refractivity contribution in [1.29, 1.82) is 0 Å². The van der Waals surface area contributed by atoms with Crippen molar-refractivity contribution in [2.45, 2.75) is 25.8 Å². The molecule has 0 aromatic heterocycles. The first kappa shape index (κ1) is 18.7. The molecule has 2 amide bonds. The number of nitrogens with zero attached hydrogens (tertiary/aromatic N) is 2. The molecule has 1 saturated carbocycles. The number of rotatable bonds is 8. The molecule has 0 bridgehead atoms. The molecule has 7 nitrogen and oxygen atoms in total. The van der Waals surface area contributed by atoms with Gasteiger partial charge in [0.05, 0.1) is 26.3 Å². The van der Waals surface area contributed by atoms with Crippen LogP contribution in [0.25, 0.3) is 0 Å². The van der Waals surface area contributed by atoms with E-state index in [1.807, 2.05) is 36.1 Å². The molecule has 3 rings (SSSR count). The molecule has 2 N–H and O–H groups in total. The van der Waals surface area contributed by atoms with E-state index in [0.717, 1.165) is 50.5 Å². The average Bonchev–Trinajstić information content (AvgIpc) is 3.46. The molecule has 142 valence electrons. The molecule has 0 spiro atoms. The lowest BCUT2D eigenvalue weighted by Crippen LogP contribution is -2.41. The quantitative estimate of drug-likeness (QED) is 0.725. The van der Waals surface area contributed by atoms with Gasteiger partial charge in [-0.05, 0) is 43.7 Å². The zero-order chi connectivity index (χ0) is 18.4. The second kappa shape index (κ2) is 9.00. The molecule has 0 unspecified atom stereocenters. The number of benzene rings is 1. The maximum Gasteiger partial charge on any atom is 0.238 e. The lowest BCUT2D eigenvalue weighted by Gasteiger charge is -2.29. The van der Waals surface area contributed by atoms with Gasteiger partial charge in [-0.25, -0.2) is 0 Å². The first-order valence-corrected chi connectivity index (χ1v) is 9.38. The smallest absolute Gasteiger partial charge is 0.238 e. The maximum atomic E-state index is 12.3. The van der Waals surface area contributed by atoms with Gasteiger partial charge in [0.2, 0.25) is 11.8 Å². The van der Waals surface area contributed by atoms with E-state index >= 15 is 0 Å². The molecule has 1 saturated heterocycles. The van der Waals surface area contributed by atoms with Gasteiger partial charge in [-0.2, -0.15) is 0 Å². The van der Waals surface area contributed by atoms with Crippen LogP contribution < -0.4 is 15.5 Å². The Bertz CT molecular complexity index is 610. The van der Waals surface area contributed by atoms with E-state index in [9.17, 15) is 9.59 Å². The zero-order valence-electron chi connectivity index (χ0n) is 15.4. The van der Waals surface area contributed by atoms with E-state index < -0.39 is 0 Å². The van der Waals surface area contributed by atoms with Gasteiger partial charge in [0.25, 0.3) is 0 Å². The Balaban J connectivity index is 1.46. The van der Waals surface area contributed by atoms with E-state index in [2.05, 4.69) is 15.5 Å². The summed E-state index contributed by atoms with van der Waals surface area (Å²) in [5, 5.41) is 5.86. The number of likely N-dealkylation sites (N-methyl/N-ethyl adjacent to an activating group) is 1. The molecule has 0 atom stereocenters. The summed E-state index contributed by atoms with van der Waals surface area (Å²) < 4.78 is 5.37. The lowest BCUT2D eigenvalue weighted by molar-refractivity contribution is -0.123. The van der Waals surface area contributed by atoms with Crippen molar-refractivity contribution in [1.82, 2.24) is 10.2 Å².